The summed E-state index contributed by atoms with van der Waals surface area (Å²) >= 11 is 0. The summed E-state index contributed by atoms with van der Waals surface area (Å²) in [6, 6.07) is 14.1. The Bertz CT molecular complexity index is 1020. The van der Waals surface area contributed by atoms with Crippen LogP contribution in [0.3, 0.4) is 0 Å². The van der Waals surface area contributed by atoms with Crippen LogP contribution in [0, 0.1) is 0 Å². The van der Waals surface area contributed by atoms with Crippen LogP contribution >= 0.6 is 0 Å². The molecule has 0 bridgehead atoms. The number of carbonyl (C=O) groups excluding carboxylic acids is 1. The van der Waals surface area contributed by atoms with Gasteiger partial charge in [0.25, 0.3) is 0 Å². The van der Waals surface area contributed by atoms with Gasteiger partial charge in [-0.05, 0) is 56.2 Å². The number of alkyl carbamates (subject to hydrolysis) is 1. The quantitative estimate of drug-likeness (QED) is 0.702. The van der Waals surface area contributed by atoms with Crippen LogP contribution in [0.1, 0.15) is 37.9 Å². The first-order valence-electron chi connectivity index (χ1n) is 11.8. The second-order valence-corrected chi connectivity index (χ2v) is 9.67. The van der Waals surface area contributed by atoms with Gasteiger partial charge in [0.05, 0.1) is 26.3 Å². The molecule has 182 valence electrons. The van der Waals surface area contributed by atoms with Gasteiger partial charge in [-0.15, -0.1) is 0 Å². The van der Waals surface area contributed by atoms with E-state index in [1.54, 1.807) is 14.2 Å². The zero-order valence-corrected chi connectivity index (χ0v) is 20.7. The molecule has 7 nitrogen and oxygen atoms in total. The Morgan fingerprint density at radius 3 is 2.24 bits per heavy atom. The fraction of sp³-hybridized carbons (Fsp3) is 0.444. The van der Waals surface area contributed by atoms with E-state index in [1.807, 2.05) is 39.0 Å². The number of hydrogen-bond donors (Lipinski definition) is 1. The molecule has 0 spiro atoms. The highest BCUT2D eigenvalue weighted by atomic mass is 16.6. The van der Waals surface area contributed by atoms with Gasteiger partial charge in [-0.1, -0.05) is 30.4 Å². The molecule has 0 saturated carbocycles. The van der Waals surface area contributed by atoms with Crippen LogP contribution < -0.4 is 19.7 Å². The summed E-state index contributed by atoms with van der Waals surface area (Å²) in [7, 11) is 3.25. The Morgan fingerprint density at radius 2 is 1.62 bits per heavy atom. The molecular formula is C27H35N3O4. The molecule has 0 unspecified atom stereocenters. The van der Waals surface area contributed by atoms with Crippen molar-refractivity contribution in [2.75, 3.05) is 45.3 Å². The number of methoxy groups -OCH3 is 2. The van der Waals surface area contributed by atoms with Gasteiger partial charge >= 0.3 is 6.09 Å². The average Bonchev–Trinajstić information content (AvgIpc) is 2.83. The lowest BCUT2D eigenvalue weighted by Crippen LogP contribution is -2.54. The average molecular weight is 466 g/mol. The van der Waals surface area contributed by atoms with E-state index >= 15 is 0 Å². The fourth-order valence-electron chi connectivity index (χ4n) is 4.67. The van der Waals surface area contributed by atoms with Crippen LogP contribution in [0.2, 0.25) is 0 Å². The summed E-state index contributed by atoms with van der Waals surface area (Å²) < 4.78 is 16.7. The lowest BCUT2D eigenvalue weighted by molar-refractivity contribution is 0.0470. The molecule has 7 heteroatoms. The van der Waals surface area contributed by atoms with E-state index in [0.29, 0.717) is 11.5 Å². The number of fused-ring (bicyclic) bond motifs is 1. The van der Waals surface area contributed by atoms with Crippen molar-refractivity contribution < 1.29 is 19.0 Å². The van der Waals surface area contributed by atoms with Gasteiger partial charge in [0, 0.05) is 31.9 Å². The highest BCUT2D eigenvalue weighted by Gasteiger charge is 2.35. The first-order chi connectivity index (χ1) is 16.3. The number of piperazine rings is 1. The number of nitrogens with zero attached hydrogens (tertiary/aromatic N) is 2. The van der Waals surface area contributed by atoms with Crippen LogP contribution in [0.4, 0.5) is 10.5 Å². The minimum absolute atomic E-state index is 0.00366. The summed E-state index contributed by atoms with van der Waals surface area (Å²) in [5.74, 6) is 1.30. The van der Waals surface area contributed by atoms with Crippen LogP contribution in [0.15, 0.2) is 48.5 Å². The molecule has 2 atom stereocenters. The van der Waals surface area contributed by atoms with E-state index in [0.717, 1.165) is 37.3 Å². The van der Waals surface area contributed by atoms with E-state index < -0.39 is 11.7 Å². The number of rotatable bonds is 5. The standard InChI is InChI=1S/C27H35N3O4/c1-27(2,3)34-26(31)28-25-21-18-24(33-5)23(32-4)17-19(21)11-12-22(25)30-15-13-29(14-16-30)20-9-7-6-8-10-20/h6-12,17-18,22,25H,13-16H2,1-5H3,(H,28,31)/t22-,25-/m1/s1. The fourth-order valence-corrected chi connectivity index (χ4v) is 4.67. The van der Waals surface area contributed by atoms with Crippen molar-refractivity contribution in [1.82, 2.24) is 10.2 Å². The minimum atomic E-state index is -0.578. The van der Waals surface area contributed by atoms with Crippen LogP contribution in [-0.4, -0.2) is 63.0 Å². The maximum Gasteiger partial charge on any atom is 0.408 e. The van der Waals surface area contributed by atoms with Crippen molar-refractivity contribution in [2.24, 2.45) is 0 Å². The van der Waals surface area contributed by atoms with Crippen molar-refractivity contribution >= 4 is 17.9 Å². The molecule has 34 heavy (non-hydrogen) atoms. The number of nitrogens with one attached hydrogen (secondary N) is 1. The van der Waals surface area contributed by atoms with Crippen molar-refractivity contribution in [2.45, 2.75) is 38.5 Å². The predicted octanol–water partition coefficient (Wildman–Crippen LogP) is 4.49. The normalized spacial score (nSPS) is 20.4. The van der Waals surface area contributed by atoms with E-state index in [2.05, 4.69) is 51.5 Å². The number of hydrogen-bond acceptors (Lipinski definition) is 6. The monoisotopic (exact) mass is 465 g/mol. The number of para-hydroxylation sites is 1. The lowest BCUT2D eigenvalue weighted by Gasteiger charge is -2.43. The van der Waals surface area contributed by atoms with Gasteiger partial charge in [-0.2, -0.15) is 0 Å². The van der Waals surface area contributed by atoms with Crippen molar-refractivity contribution in [1.29, 1.82) is 0 Å². The topological polar surface area (TPSA) is 63.3 Å². The highest BCUT2D eigenvalue weighted by molar-refractivity contribution is 5.71. The second-order valence-electron chi connectivity index (χ2n) is 9.67. The van der Waals surface area contributed by atoms with Gasteiger partial charge in [0.15, 0.2) is 11.5 Å². The number of ether oxygens (including phenoxy) is 3. The zero-order chi connectivity index (χ0) is 24.3. The number of anilines is 1. The van der Waals surface area contributed by atoms with E-state index in [9.17, 15) is 4.79 Å². The Morgan fingerprint density at radius 1 is 0.971 bits per heavy atom. The minimum Gasteiger partial charge on any atom is -0.493 e. The number of carbonyl (C=O) groups is 1. The van der Waals surface area contributed by atoms with Gasteiger partial charge < -0.3 is 24.4 Å². The molecule has 0 aromatic heterocycles. The molecule has 1 heterocycles. The molecule has 1 N–H and O–H groups in total. The largest absolute Gasteiger partial charge is 0.493 e. The molecule has 2 aliphatic rings. The van der Waals surface area contributed by atoms with E-state index in [4.69, 9.17) is 14.2 Å². The third-order valence-electron chi connectivity index (χ3n) is 6.27. The Balaban J connectivity index is 1.59. The van der Waals surface area contributed by atoms with Crippen LogP contribution in [0.5, 0.6) is 11.5 Å². The maximum atomic E-state index is 12.8. The predicted molar refractivity (Wildman–Crippen MR) is 135 cm³/mol. The van der Waals surface area contributed by atoms with Crippen molar-refractivity contribution in [3.05, 3.63) is 59.7 Å². The Kier molecular flexibility index (Phi) is 7.03. The molecule has 1 amide bonds. The smallest absolute Gasteiger partial charge is 0.408 e. The molecule has 2 aromatic rings. The SMILES string of the molecule is COc1cc2c(cc1OC)[C@@H](NC(=O)OC(C)(C)C)[C@H](N1CCN(c3ccccc3)CC1)C=C2. The van der Waals surface area contributed by atoms with E-state index in [1.165, 1.54) is 5.69 Å². The third kappa shape index (κ3) is 5.30. The van der Waals surface area contributed by atoms with Gasteiger partial charge in [-0.3, -0.25) is 4.90 Å². The van der Waals surface area contributed by atoms with Gasteiger partial charge in [0.2, 0.25) is 0 Å². The molecule has 4 rings (SSSR count). The molecule has 1 aliphatic heterocycles. The maximum absolute atomic E-state index is 12.8. The van der Waals surface area contributed by atoms with E-state index in [-0.39, 0.29) is 12.1 Å². The summed E-state index contributed by atoms with van der Waals surface area (Å²) in [6.07, 6.45) is 3.86. The summed E-state index contributed by atoms with van der Waals surface area (Å²) in [6.45, 7) is 9.23. The van der Waals surface area contributed by atoms with Gasteiger partial charge in [0.1, 0.15) is 5.60 Å². The van der Waals surface area contributed by atoms with Crippen LogP contribution in [0.25, 0.3) is 6.08 Å². The van der Waals surface area contributed by atoms with Gasteiger partial charge in [-0.25, -0.2) is 4.79 Å². The Labute approximate surface area is 202 Å². The zero-order valence-electron chi connectivity index (χ0n) is 20.7. The van der Waals surface area contributed by atoms with Crippen molar-refractivity contribution in [3.8, 4) is 11.5 Å². The molecular weight excluding hydrogens is 430 g/mol. The molecule has 1 fully saturated rings. The number of amides is 1. The summed E-state index contributed by atoms with van der Waals surface area (Å²) in [5, 5.41) is 3.15. The first kappa shape index (κ1) is 24.0. The molecule has 1 aliphatic carbocycles. The summed E-state index contributed by atoms with van der Waals surface area (Å²) in [4.78, 5) is 17.7. The second kappa shape index (κ2) is 9.97. The van der Waals surface area contributed by atoms with Crippen LogP contribution in [-0.2, 0) is 4.74 Å². The Hall–Kier alpha value is -3.19. The third-order valence-corrected chi connectivity index (χ3v) is 6.27. The molecule has 1 saturated heterocycles. The lowest BCUT2D eigenvalue weighted by atomic mass is 9.87. The number of benzene rings is 2. The summed E-state index contributed by atoms with van der Waals surface area (Å²) in [5.41, 5.74) is 2.65. The van der Waals surface area contributed by atoms with Crippen molar-refractivity contribution in [3.63, 3.8) is 0 Å². The molecule has 0 radical (unpaired) electrons. The first-order valence-corrected chi connectivity index (χ1v) is 11.8. The molecule has 2 aromatic carbocycles. The highest BCUT2D eigenvalue weighted by Crippen LogP contribution is 2.39.